The van der Waals surface area contributed by atoms with Crippen LogP contribution in [0.3, 0.4) is 0 Å². The zero-order valence-corrected chi connectivity index (χ0v) is 14.8. The fourth-order valence-electron chi connectivity index (χ4n) is 3.38. The van der Waals surface area contributed by atoms with Crippen LogP contribution in [0.4, 0.5) is 4.39 Å². The summed E-state index contributed by atoms with van der Waals surface area (Å²) in [5.41, 5.74) is 5.40. The van der Waals surface area contributed by atoms with Gasteiger partial charge in [-0.2, -0.15) is 0 Å². The lowest BCUT2D eigenvalue weighted by Crippen LogP contribution is -1.99. The number of benzene rings is 1. The van der Waals surface area contributed by atoms with E-state index in [9.17, 15) is 4.39 Å². The lowest BCUT2D eigenvalue weighted by Gasteiger charge is -2.06. The van der Waals surface area contributed by atoms with Gasteiger partial charge < -0.3 is 0 Å². The van der Waals surface area contributed by atoms with Crippen molar-refractivity contribution in [3.63, 3.8) is 0 Å². The third kappa shape index (κ3) is 2.32. The normalized spacial score (nSPS) is 11.5. The predicted octanol–water partition coefficient (Wildman–Crippen LogP) is 3.89. The second kappa shape index (κ2) is 5.70. The molecule has 132 valence electrons. The topological polar surface area (TPSA) is 60.9 Å². The van der Waals surface area contributed by atoms with Crippen molar-refractivity contribution in [2.24, 2.45) is 0 Å². The molecule has 5 aromatic rings. The van der Waals surface area contributed by atoms with Crippen LogP contribution in [0.1, 0.15) is 11.3 Å². The average molecular weight is 358 g/mol. The predicted molar refractivity (Wildman–Crippen MR) is 100 cm³/mol. The zero-order valence-electron chi connectivity index (χ0n) is 14.8. The lowest BCUT2D eigenvalue weighted by molar-refractivity contribution is 0.628. The van der Waals surface area contributed by atoms with Crippen LogP contribution in [0.15, 0.2) is 55.1 Å². The lowest BCUT2D eigenvalue weighted by atomic mass is 10.2. The largest absolute Gasteiger partial charge is 0.297 e. The molecule has 6 nitrogen and oxygen atoms in total. The summed E-state index contributed by atoms with van der Waals surface area (Å²) in [6, 6.07) is 10.1. The Balaban J connectivity index is 1.79. The van der Waals surface area contributed by atoms with Crippen LogP contribution >= 0.6 is 0 Å². The van der Waals surface area contributed by atoms with Gasteiger partial charge in [-0.25, -0.2) is 18.9 Å². The Labute approximate surface area is 154 Å². The van der Waals surface area contributed by atoms with Crippen molar-refractivity contribution < 1.29 is 4.39 Å². The second-order valence-corrected chi connectivity index (χ2v) is 6.41. The van der Waals surface area contributed by atoms with Crippen LogP contribution in [0.2, 0.25) is 0 Å². The average Bonchev–Trinajstić information content (AvgIpc) is 3.22. The SMILES string of the molecule is Cc1c(C)n(-c2cccnc2)c2ncn3nc(-c4ccc(F)cc4)nc3c12. The first kappa shape index (κ1) is 15.6. The first-order chi connectivity index (χ1) is 13.1. The van der Waals surface area contributed by atoms with E-state index in [1.54, 1.807) is 29.2 Å². The summed E-state index contributed by atoms with van der Waals surface area (Å²) in [6.07, 6.45) is 5.21. The van der Waals surface area contributed by atoms with Crippen LogP contribution in [0.25, 0.3) is 33.8 Å². The molecule has 5 rings (SSSR count). The van der Waals surface area contributed by atoms with E-state index in [4.69, 9.17) is 4.98 Å². The van der Waals surface area contributed by atoms with Crippen molar-refractivity contribution in [1.82, 2.24) is 29.1 Å². The van der Waals surface area contributed by atoms with E-state index < -0.39 is 0 Å². The summed E-state index contributed by atoms with van der Waals surface area (Å²) in [5.74, 6) is 0.252. The molecular formula is C20H15FN6. The minimum Gasteiger partial charge on any atom is -0.297 e. The Morgan fingerprint density at radius 3 is 2.56 bits per heavy atom. The van der Waals surface area contributed by atoms with Crippen LogP contribution < -0.4 is 0 Å². The molecule has 0 aliphatic heterocycles. The Morgan fingerprint density at radius 1 is 1.00 bits per heavy atom. The van der Waals surface area contributed by atoms with Gasteiger partial charge in [-0.15, -0.1) is 5.10 Å². The number of halogens is 1. The van der Waals surface area contributed by atoms with E-state index in [0.29, 0.717) is 5.82 Å². The summed E-state index contributed by atoms with van der Waals surface area (Å²) in [6.45, 7) is 4.11. The summed E-state index contributed by atoms with van der Waals surface area (Å²) in [5, 5.41) is 5.46. The first-order valence-corrected chi connectivity index (χ1v) is 8.53. The molecular weight excluding hydrogens is 343 g/mol. The highest BCUT2D eigenvalue weighted by Crippen LogP contribution is 2.30. The zero-order chi connectivity index (χ0) is 18.5. The Hall–Kier alpha value is -3.61. The maximum Gasteiger partial charge on any atom is 0.182 e. The molecule has 0 aliphatic rings. The van der Waals surface area contributed by atoms with Gasteiger partial charge in [0.2, 0.25) is 0 Å². The van der Waals surface area contributed by atoms with E-state index in [2.05, 4.69) is 33.5 Å². The van der Waals surface area contributed by atoms with Gasteiger partial charge in [0.25, 0.3) is 0 Å². The summed E-state index contributed by atoms with van der Waals surface area (Å²) in [4.78, 5) is 13.6. The molecule has 0 aliphatic carbocycles. The number of aromatic nitrogens is 6. The highest BCUT2D eigenvalue weighted by molar-refractivity contribution is 5.95. The van der Waals surface area contributed by atoms with Crippen molar-refractivity contribution in [3.05, 3.63) is 72.2 Å². The molecule has 0 spiro atoms. The number of fused-ring (bicyclic) bond motifs is 3. The van der Waals surface area contributed by atoms with Crippen LogP contribution in [-0.2, 0) is 0 Å². The van der Waals surface area contributed by atoms with Gasteiger partial charge in [0.05, 0.1) is 17.3 Å². The van der Waals surface area contributed by atoms with E-state index in [1.165, 1.54) is 12.1 Å². The quantitative estimate of drug-likeness (QED) is 0.480. The summed E-state index contributed by atoms with van der Waals surface area (Å²) >= 11 is 0. The summed E-state index contributed by atoms with van der Waals surface area (Å²) in [7, 11) is 0. The third-order valence-electron chi connectivity index (χ3n) is 4.84. The highest BCUT2D eigenvalue weighted by atomic mass is 19.1. The summed E-state index contributed by atoms with van der Waals surface area (Å²) < 4.78 is 17.0. The van der Waals surface area contributed by atoms with Gasteiger partial charge in [0.15, 0.2) is 17.1 Å². The van der Waals surface area contributed by atoms with Gasteiger partial charge >= 0.3 is 0 Å². The number of nitrogens with zero attached hydrogens (tertiary/aromatic N) is 6. The monoisotopic (exact) mass is 358 g/mol. The van der Waals surface area contributed by atoms with Gasteiger partial charge in [0, 0.05) is 17.5 Å². The second-order valence-electron chi connectivity index (χ2n) is 6.41. The van der Waals surface area contributed by atoms with Gasteiger partial charge in [0.1, 0.15) is 12.1 Å². The number of rotatable bonds is 2. The highest BCUT2D eigenvalue weighted by Gasteiger charge is 2.19. The molecule has 0 amide bonds. The molecule has 27 heavy (non-hydrogen) atoms. The number of hydrogen-bond acceptors (Lipinski definition) is 4. The number of pyridine rings is 1. The molecule has 0 N–H and O–H groups in total. The molecule has 0 saturated carbocycles. The fraction of sp³-hybridized carbons (Fsp3) is 0.100. The van der Waals surface area contributed by atoms with Gasteiger partial charge in [-0.3, -0.25) is 9.55 Å². The van der Waals surface area contributed by atoms with Crippen LogP contribution in [0.5, 0.6) is 0 Å². The Bertz CT molecular complexity index is 1290. The van der Waals surface area contributed by atoms with E-state index in [-0.39, 0.29) is 5.82 Å². The molecule has 0 saturated heterocycles. The van der Waals surface area contributed by atoms with Crippen molar-refractivity contribution in [1.29, 1.82) is 0 Å². The first-order valence-electron chi connectivity index (χ1n) is 8.53. The molecule has 7 heteroatoms. The fourth-order valence-corrected chi connectivity index (χ4v) is 3.38. The van der Waals surface area contributed by atoms with E-state index >= 15 is 0 Å². The van der Waals surface area contributed by atoms with E-state index in [0.717, 1.165) is 39.2 Å². The van der Waals surface area contributed by atoms with Crippen molar-refractivity contribution in [2.75, 3.05) is 0 Å². The Kier molecular flexibility index (Phi) is 3.30. The van der Waals surface area contributed by atoms with Crippen molar-refractivity contribution in [3.8, 4) is 17.1 Å². The van der Waals surface area contributed by atoms with Gasteiger partial charge in [-0.1, -0.05) is 0 Å². The molecule has 0 atom stereocenters. The molecule has 0 unspecified atom stereocenters. The molecule has 0 fully saturated rings. The maximum atomic E-state index is 13.2. The number of hydrogen-bond donors (Lipinski definition) is 0. The number of aryl methyl sites for hydroxylation is 1. The molecule has 1 aromatic carbocycles. The van der Waals surface area contributed by atoms with Gasteiger partial charge in [-0.05, 0) is 55.8 Å². The van der Waals surface area contributed by atoms with E-state index in [1.807, 2.05) is 18.3 Å². The molecule has 4 heterocycles. The standard InChI is InChI=1S/C20H15FN6/c1-12-13(2)27(16-4-3-9-22-10-16)19-17(12)20-24-18(25-26(20)11-23-19)14-5-7-15(21)8-6-14/h3-11H,1-2H3. The smallest absolute Gasteiger partial charge is 0.182 e. The minimum atomic E-state index is -0.286. The van der Waals surface area contributed by atoms with Crippen molar-refractivity contribution in [2.45, 2.75) is 13.8 Å². The van der Waals surface area contributed by atoms with Crippen LogP contribution in [0, 0.1) is 19.7 Å². The minimum absolute atomic E-state index is 0.286. The third-order valence-corrected chi connectivity index (χ3v) is 4.84. The molecule has 0 bridgehead atoms. The van der Waals surface area contributed by atoms with Crippen molar-refractivity contribution >= 4 is 16.7 Å². The Morgan fingerprint density at radius 2 is 1.81 bits per heavy atom. The van der Waals surface area contributed by atoms with Crippen LogP contribution in [-0.4, -0.2) is 29.1 Å². The molecule has 0 radical (unpaired) electrons. The maximum absolute atomic E-state index is 13.2. The molecule has 4 aromatic heterocycles.